The Kier molecular flexibility index (Phi) is 7.46. The van der Waals surface area contributed by atoms with E-state index in [1.807, 2.05) is 31.2 Å². The van der Waals surface area contributed by atoms with Crippen LogP contribution in [0.25, 0.3) is 6.08 Å². The second-order valence-corrected chi connectivity index (χ2v) is 7.23. The molecule has 0 aromatic heterocycles. The van der Waals surface area contributed by atoms with E-state index in [4.69, 9.17) is 4.74 Å². The number of aryl methyl sites for hydroxylation is 1. The van der Waals surface area contributed by atoms with Crippen molar-refractivity contribution in [1.29, 1.82) is 0 Å². The third-order valence-electron chi connectivity index (χ3n) is 4.50. The summed E-state index contributed by atoms with van der Waals surface area (Å²) in [5.74, 6) is 0.840. The van der Waals surface area contributed by atoms with E-state index in [2.05, 4.69) is 65.7 Å². The average Bonchev–Trinajstić information content (AvgIpc) is 2.62. The van der Waals surface area contributed by atoms with Crippen molar-refractivity contribution in [2.45, 2.75) is 46.8 Å². The van der Waals surface area contributed by atoms with Gasteiger partial charge in [0.05, 0.1) is 10.8 Å². The van der Waals surface area contributed by atoms with Crippen molar-refractivity contribution in [3.05, 3.63) is 63.6 Å². The maximum absolute atomic E-state index is 6.14. The van der Waals surface area contributed by atoms with Gasteiger partial charge in [-0.1, -0.05) is 43.8 Å². The van der Waals surface area contributed by atoms with Gasteiger partial charge >= 0.3 is 0 Å². The molecule has 2 aromatic rings. The number of hydrogen-bond acceptors (Lipinski definition) is 2. The highest BCUT2D eigenvalue weighted by atomic mass is 79.9. The molecule has 1 unspecified atom stereocenters. The summed E-state index contributed by atoms with van der Waals surface area (Å²) in [6.07, 6.45) is 4.62. The molecule has 0 spiro atoms. The van der Waals surface area contributed by atoms with Crippen LogP contribution in [-0.4, -0.2) is 12.4 Å². The van der Waals surface area contributed by atoms with Crippen LogP contribution in [0.3, 0.4) is 0 Å². The number of rotatable bonds is 8. The Morgan fingerprint density at radius 3 is 2.69 bits per heavy atom. The lowest BCUT2D eigenvalue weighted by Crippen LogP contribution is -2.05. The minimum Gasteiger partial charge on any atom is -0.487 e. The van der Waals surface area contributed by atoms with Gasteiger partial charge in [-0.05, 0) is 60.3 Å². The molecule has 138 valence electrons. The molecule has 0 bridgehead atoms. The number of anilines is 1. The first-order chi connectivity index (χ1) is 12.5. The molecule has 0 aliphatic heterocycles. The van der Waals surface area contributed by atoms with Crippen LogP contribution >= 0.6 is 15.9 Å². The summed E-state index contributed by atoms with van der Waals surface area (Å²) in [7, 11) is 0. The maximum Gasteiger partial charge on any atom is 0.137 e. The van der Waals surface area contributed by atoms with Crippen molar-refractivity contribution >= 4 is 34.0 Å². The first kappa shape index (κ1) is 20.2. The Balaban J connectivity index is 2.24. The van der Waals surface area contributed by atoms with E-state index in [1.54, 1.807) is 6.34 Å². The number of hydrogen-bond donors (Lipinski definition) is 1. The third kappa shape index (κ3) is 4.98. The zero-order valence-electron chi connectivity index (χ0n) is 16.0. The average molecular weight is 415 g/mol. The molecular weight excluding hydrogens is 388 g/mol. The monoisotopic (exact) mass is 414 g/mol. The van der Waals surface area contributed by atoms with E-state index in [0.29, 0.717) is 12.6 Å². The normalized spacial score (nSPS) is 12.2. The van der Waals surface area contributed by atoms with Crippen LogP contribution in [0, 0.1) is 13.8 Å². The van der Waals surface area contributed by atoms with Crippen molar-refractivity contribution < 1.29 is 4.74 Å². The van der Waals surface area contributed by atoms with Gasteiger partial charge in [0.2, 0.25) is 0 Å². The number of ether oxygens (including phenoxy) is 1. The van der Waals surface area contributed by atoms with E-state index >= 15 is 0 Å². The molecule has 0 aliphatic carbocycles. The molecule has 0 aliphatic rings. The molecule has 1 atom stereocenters. The Hall–Kier alpha value is -2.07. The molecule has 0 radical (unpaired) electrons. The highest BCUT2D eigenvalue weighted by Crippen LogP contribution is 2.37. The van der Waals surface area contributed by atoms with Gasteiger partial charge < -0.3 is 10.1 Å². The summed E-state index contributed by atoms with van der Waals surface area (Å²) in [4.78, 5) is 4.46. The fourth-order valence-electron chi connectivity index (χ4n) is 2.59. The summed E-state index contributed by atoms with van der Waals surface area (Å²) in [6.45, 7) is 12.9. The second-order valence-electron chi connectivity index (χ2n) is 6.37. The molecule has 0 amide bonds. The number of nitrogens with zero attached hydrogens (tertiary/aromatic N) is 1. The molecule has 3 nitrogen and oxygen atoms in total. The molecule has 4 heteroatoms. The summed E-state index contributed by atoms with van der Waals surface area (Å²) in [6, 6.07) is 10.6. The molecule has 0 heterocycles. The molecule has 1 N–H and O–H groups in total. The van der Waals surface area contributed by atoms with Gasteiger partial charge in [0.15, 0.2) is 0 Å². The number of nitrogens with one attached hydrogen (secondary N) is 1. The lowest BCUT2D eigenvalue weighted by atomic mass is 10.1. The van der Waals surface area contributed by atoms with Crippen molar-refractivity contribution in [2.75, 3.05) is 5.32 Å². The van der Waals surface area contributed by atoms with Crippen LogP contribution in [-0.2, 0) is 6.61 Å². The van der Waals surface area contributed by atoms with Crippen molar-refractivity contribution in [3.63, 3.8) is 0 Å². The number of aliphatic imine (C=N–C) groups is 1. The van der Waals surface area contributed by atoms with Crippen LogP contribution in [0.2, 0.25) is 0 Å². The molecular formula is C22H27BrN2O. The van der Waals surface area contributed by atoms with Crippen molar-refractivity contribution in [3.8, 4) is 5.75 Å². The van der Waals surface area contributed by atoms with Gasteiger partial charge in [-0.3, -0.25) is 4.99 Å². The minimum atomic E-state index is 0.302. The molecule has 26 heavy (non-hydrogen) atoms. The van der Waals surface area contributed by atoms with Gasteiger partial charge in [0.1, 0.15) is 12.4 Å². The highest BCUT2D eigenvalue weighted by molar-refractivity contribution is 9.10. The summed E-state index contributed by atoms with van der Waals surface area (Å²) >= 11 is 3.64. The van der Waals surface area contributed by atoms with Crippen LogP contribution in [0.15, 0.2) is 46.4 Å². The number of benzene rings is 2. The first-order valence-electron chi connectivity index (χ1n) is 8.88. The van der Waals surface area contributed by atoms with E-state index in [-0.39, 0.29) is 0 Å². The summed E-state index contributed by atoms with van der Waals surface area (Å²) < 4.78 is 7.05. The quantitative estimate of drug-likeness (QED) is 0.393. The van der Waals surface area contributed by atoms with Gasteiger partial charge in [0, 0.05) is 22.9 Å². The SMILES string of the molecule is C=Cc1c(NC=NC(C)CC)cc(Br)c(OCc2ccccc2C)c1C. The predicted molar refractivity (Wildman–Crippen MR) is 116 cm³/mol. The lowest BCUT2D eigenvalue weighted by molar-refractivity contribution is 0.301. The molecule has 0 fully saturated rings. The van der Waals surface area contributed by atoms with E-state index in [9.17, 15) is 0 Å². The van der Waals surface area contributed by atoms with Gasteiger partial charge in [0.25, 0.3) is 0 Å². The maximum atomic E-state index is 6.14. The minimum absolute atomic E-state index is 0.302. The fourth-order valence-corrected chi connectivity index (χ4v) is 3.24. The second kappa shape index (κ2) is 9.58. The third-order valence-corrected chi connectivity index (χ3v) is 5.09. The van der Waals surface area contributed by atoms with Gasteiger partial charge in [-0.2, -0.15) is 0 Å². The Morgan fingerprint density at radius 2 is 2.04 bits per heavy atom. The summed E-state index contributed by atoms with van der Waals surface area (Å²) in [5.41, 5.74) is 5.43. The standard InChI is InChI=1S/C22H27BrN2O/c1-6-16(4)24-14-25-21-12-20(23)22(17(5)19(21)7-2)26-13-18-11-9-8-10-15(18)3/h7-12,14,16H,2,6,13H2,1,3-5H3,(H,24,25). The van der Waals surface area contributed by atoms with Crippen LogP contribution in [0.1, 0.15) is 42.5 Å². The largest absolute Gasteiger partial charge is 0.487 e. The van der Waals surface area contributed by atoms with Crippen LogP contribution in [0.5, 0.6) is 5.75 Å². The highest BCUT2D eigenvalue weighted by Gasteiger charge is 2.14. The Labute approximate surface area is 165 Å². The van der Waals surface area contributed by atoms with Crippen molar-refractivity contribution in [2.24, 2.45) is 4.99 Å². The Morgan fingerprint density at radius 1 is 1.31 bits per heavy atom. The smallest absolute Gasteiger partial charge is 0.137 e. The van der Waals surface area contributed by atoms with E-state index < -0.39 is 0 Å². The van der Waals surface area contributed by atoms with E-state index in [0.717, 1.165) is 33.5 Å². The lowest BCUT2D eigenvalue weighted by Gasteiger charge is -2.17. The topological polar surface area (TPSA) is 33.6 Å². The molecule has 2 rings (SSSR count). The molecule has 0 saturated carbocycles. The van der Waals surface area contributed by atoms with Gasteiger partial charge in [-0.15, -0.1) is 0 Å². The van der Waals surface area contributed by atoms with E-state index in [1.165, 1.54) is 11.1 Å². The zero-order valence-corrected chi connectivity index (χ0v) is 17.6. The number of halogens is 1. The van der Waals surface area contributed by atoms with Gasteiger partial charge in [-0.25, -0.2) is 0 Å². The summed E-state index contributed by atoms with van der Waals surface area (Å²) in [5, 5.41) is 3.27. The predicted octanol–water partition coefficient (Wildman–Crippen LogP) is 6.53. The zero-order chi connectivity index (χ0) is 19.1. The molecule has 0 saturated heterocycles. The van der Waals surface area contributed by atoms with Crippen LogP contribution in [0.4, 0.5) is 5.69 Å². The van der Waals surface area contributed by atoms with Crippen LogP contribution < -0.4 is 10.1 Å². The fraction of sp³-hybridized carbons (Fsp3) is 0.318. The molecule has 2 aromatic carbocycles. The van der Waals surface area contributed by atoms with Crippen molar-refractivity contribution in [1.82, 2.24) is 0 Å². The Bertz CT molecular complexity index is 799. The first-order valence-corrected chi connectivity index (χ1v) is 9.68.